The maximum atomic E-state index is 11.8. The number of amides is 1. The molecule has 3 nitrogen and oxygen atoms in total. The van der Waals surface area contributed by atoms with Crippen LogP contribution in [-0.2, 0) is 17.8 Å². The summed E-state index contributed by atoms with van der Waals surface area (Å²) in [6, 6.07) is 4.06. The molecule has 0 radical (unpaired) electrons. The highest BCUT2D eigenvalue weighted by Crippen LogP contribution is 2.16. The fourth-order valence-electron chi connectivity index (χ4n) is 1.83. The minimum atomic E-state index is -0.0910. The van der Waals surface area contributed by atoms with Crippen molar-refractivity contribution in [3.05, 3.63) is 50.4 Å². The molecule has 0 bridgehead atoms. The molecule has 20 heavy (non-hydrogen) atoms. The van der Waals surface area contributed by atoms with Crippen molar-refractivity contribution in [3.63, 3.8) is 0 Å². The standard InChI is InChI=1S/C15H17NO2S2/c1-11(6-12-4-5-19-9-12)16-15(18)3-2-14-7-13(8-17)10-20-14/h2-5,7,9-11,17H,6,8H2,1H3,(H,16,18). The predicted molar refractivity (Wildman–Crippen MR) is 84.9 cm³/mol. The van der Waals surface area contributed by atoms with Crippen LogP contribution in [0.15, 0.2) is 34.3 Å². The summed E-state index contributed by atoms with van der Waals surface area (Å²) in [5.74, 6) is -0.0910. The number of carbonyl (C=O) groups excluding carboxylic acids is 1. The second kappa shape index (κ2) is 7.38. The second-order valence-electron chi connectivity index (χ2n) is 4.59. The van der Waals surface area contributed by atoms with Crippen molar-refractivity contribution in [2.24, 2.45) is 0 Å². The Bertz CT molecular complexity index is 572. The Kier molecular flexibility index (Phi) is 5.52. The summed E-state index contributed by atoms with van der Waals surface area (Å²) in [7, 11) is 0. The molecule has 0 aliphatic carbocycles. The van der Waals surface area contributed by atoms with E-state index in [4.69, 9.17) is 5.11 Å². The third-order valence-electron chi connectivity index (χ3n) is 2.77. The van der Waals surface area contributed by atoms with Gasteiger partial charge in [0.05, 0.1) is 6.61 Å². The van der Waals surface area contributed by atoms with Crippen molar-refractivity contribution < 1.29 is 9.90 Å². The number of nitrogens with one attached hydrogen (secondary N) is 1. The Morgan fingerprint density at radius 1 is 1.45 bits per heavy atom. The third kappa shape index (κ3) is 4.59. The lowest BCUT2D eigenvalue weighted by Gasteiger charge is -2.11. The van der Waals surface area contributed by atoms with Crippen LogP contribution in [-0.4, -0.2) is 17.1 Å². The molecule has 0 spiro atoms. The highest BCUT2D eigenvalue weighted by molar-refractivity contribution is 7.11. The summed E-state index contributed by atoms with van der Waals surface area (Å²) in [5.41, 5.74) is 2.12. The van der Waals surface area contributed by atoms with Gasteiger partial charge >= 0.3 is 0 Å². The summed E-state index contributed by atoms with van der Waals surface area (Å²) < 4.78 is 0. The highest BCUT2D eigenvalue weighted by Gasteiger charge is 2.06. The number of hydrogen-bond donors (Lipinski definition) is 2. The summed E-state index contributed by atoms with van der Waals surface area (Å²) >= 11 is 3.18. The van der Waals surface area contributed by atoms with Crippen LogP contribution in [0.1, 0.15) is 22.9 Å². The van der Waals surface area contributed by atoms with Crippen LogP contribution in [0.25, 0.3) is 6.08 Å². The largest absolute Gasteiger partial charge is 0.392 e. The molecular weight excluding hydrogens is 290 g/mol. The average Bonchev–Trinajstić information content (AvgIpc) is 3.07. The van der Waals surface area contributed by atoms with Gasteiger partial charge in [0, 0.05) is 17.0 Å². The molecule has 2 rings (SSSR count). The van der Waals surface area contributed by atoms with Crippen molar-refractivity contribution in [3.8, 4) is 0 Å². The second-order valence-corrected chi connectivity index (χ2v) is 6.32. The van der Waals surface area contributed by atoms with Gasteiger partial charge in [0.1, 0.15) is 0 Å². The topological polar surface area (TPSA) is 49.3 Å². The van der Waals surface area contributed by atoms with Gasteiger partial charge in [-0.05, 0) is 58.8 Å². The van der Waals surface area contributed by atoms with E-state index in [1.807, 2.05) is 23.8 Å². The van der Waals surface area contributed by atoms with E-state index in [1.165, 1.54) is 23.0 Å². The first-order chi connectivity index (χ1) is 9.67. The normalized spacial score (nSPS) is 12.7. The maximum absolute atomic E-state index is 11.8. The molecule has 1 atom stereocenters. The van der Waals surface area contributed by atoms with Gasteiger partial charge in [-0.15, -0.1) is 11.3 Å². The van der Waals surface area contributed by atoms with Crippen LogP contribution in [0.2, 0.25) is 0 Å². The number of hydrogen-bond acceptors (Lipinski definition) is 4. The molecule has 5 heteroatoms. The first kappa shape index (κ1) is 15.0. The van der Waals surface area contributed by atoms with E-state index < -0.39 is 0 Å². The first-order valence-corrected chi connectivity index (χ1v) is 8.17. The van der Waals surface area contributed by atoms with E-state index in [2.05, 4.69) is 16.8 Å². The smallest absolute Gasteiger partial charge is 0.244 e. The Morgan fingerprint density at radius 3 is 2.95 bits per heavy atom. The Hall–Kier alpha value is -1.43. The molecule has 106 valence electrons. The zero-order valence-corrected chi connectivity index (χ0v) is 12.8. The van der Waals surface area contributed by atoms with Gasteiger partial charge in [0.2, 0.25) is 5.91 Å². The van der Waals surface area contributed by atoms with Gasteiger partial charge in [0.25, 0.3) is 0 Å². The molecule has 0 aliphatic heterocycles. The van der Waals surface area contributed by atoms with Gasteiger partial charge in [-0.25, -0.2) is 0 Å². The quantitative estimate of drug-likeness (QED) is 0.806. The minimum absolute atomic E-state index is 0.0359. The van der Waals surface area contributed by atoms with Gasteiger partial charge in [-0.1, -0.05) is 0 Å². The molecule has 1 amide bonds. The lowest BCUT2D eigenvalue weighted by molar-refractivity contribution is -0.117. The Balaban J connectivity index is 1.82. The number of thiophene rings is 2. The van der Waals surface area contributed by atoms with E-state index in [0.29, 0.717) is 0 Å². The molecule has 2 aromatic rings. The van der Waals surface area contributed by atoms with Crippen LogP contribution in [0.4, 0.5) is 0 Å². The molecule has 1 unspecified atom stereocenters. The zero-order chi connectivity index (χ0) is 14.4. The van der Waals surface area contributed by atoms with Crippen molar-refractivity contribution in [2.75, 3.05) is 0 Å². The molecule has 0 saturated heterocycles. The van der Waals surface area contributed by atoms with Crippen molar-refractivity contribution in [1.29, 1.82) is 0 Å². The molecule has 0 saturated carbocycles. The summed E-state index contributed by atoms with van der Waals surface area (Å²) in [6.07, 6.45) is 4.16. The Morgan fingerprint density at radius 2 is 2.30 bits per heavy atom. The van der Waals surface area contributed by atoms with Gasteiger partial charge < -0.3 is 10.4 Å². The monoisotopic (exact) mass is 307 g/mol. The summed E-state index contributed by atoms with van der Waals surface area (Å²) in [4.78, 5) is 12.8. The maximum Gasteiger partial charge on any atom is 0.244 e. The zero-order valence-electron chi connectivity index (χ0n) is 11.2. The lowest BCUT2D eigenvalue weighted by Crippen LogP contribution is -2.32. The molecule has 2 aromatic heterocycles. The fraction of sp³-hybridized carbons (Fsp3) is 0.267. The van der Waals surface area contributed by atoms with Crippen molar-refractivity contribution >= 4 is 34.7 Å². The van der Waals surface area contributed by atoms with E-state index in [-0.39, 0.29) is 18.6 Å². The molecule has 0 fully saturated rings. The van der Waals surface area contributed by atoms with Crippen molar-refractivity contribution in [2.45, 2.75) is 26.0 Å². The van der Waals surface area contributed by atoms with Crippen LogP contribution in [0.3, 0.4) is 0 Å². The van der Waals surface area contributed by atoms with E-state index in [1.54, 1.807) is 17.4 Å². The van der Waals surface area contributed by atoms with E-state index >= 15 is 0 Å². The molecule has 2 heterocycles. The van der Waals surface area contributed by atoms with Crippen LogP contribution >= 0.6 is 22.7 Å². The molecular formula is C15H17NO2S2. The number of aliphatic hydroxyl groups excluding tert-OH is 1. The molecule has 2 N–H and O–H groups in total. The highest BCUT2D eigenvalue weighted by atomic mass is 32.1. The van der Waals surface area contributed by atoms with E-state index in [9.17, 15) is 4.79 Å². The SMILES string of the molecule is CC(Cc1ccsc1)NC(=O)C=Cc1cc(CO)cs1. The van der Waals surface area contributed by atoms with E-state index in [0.717, 1.165) is 16.9 Å². The summed E-state index contributed by atoms with van der Waals surface area (Å²) in [6.45, 7) is 2.03. The first-order valence-electron chi connectivity index (χ1n) is 6.35. The number of carbonyl (C=O) groups is 1. The van der Waals surface area contributed by atoms with Crippen LogP contribution < -0.4 is 5.32 Å². The van der Waals surface area contributed by atoms with Crippen LogP contribution in [0, 0.1) is 0 Å². The fourth-order valence-corrected chi connectivity index (χ4v) is 3.30. The lowest BCUT2D eigenvalue weighted by atomic mass is 10.1. The van der Waals surface area contributed by atoms with Crippen molar-refractivity contribution in [1.82, 2.24) is 5.32 Å². The Labute approximate surface area is 126 Å². The van der Waals surface area contributed by atoms with Gasteiger partial charge in [-0.2, -0.15) is 11.3 Å². The number of aliphatic hydroxyl groups is 1. The predicted octanol–water partition coefficient (Wildman–Crippen LogP) is 3.06. The van der Waals surface area contributed by atoms with Crippen LogP contribution in [0.5, 0.6) is 0 Å². The number of rotatable bonds is 6. The van der Waals surface area contributed by atoms with Gasteiger partial charge in [-0.3, -0.25) is 4.79 Å². The summed E-state index contributed by atoms with van der Waals surface area (Å²) in [5, 5.41) is 17.9. The molecule has 0 aromatic carbocycles. The third-order valence-corrected chi connectivity index (χ3v) is 4.44. The average molecular weight is 307 g/mol. The van der Waals surface area contributed by atoms with Gasteiger partial charge in [0.15, 0.2) is 0 Å². The minimum Gasteiger partial charge on any atom is -0.392 e. The molecule has 0 aliphatic rings.